The first-order valence-corrected chi connectivity index (χ1v) is 7.21. The van der Waals surface area contributed by atoms with E-state index in [1.807, 2.05) is 18.2 Å². The zero-order valence-corrected chi connectivity index (χ0v) is 12.3. The van der Waals surface area contributed by atoms with Gasteiger partial charge in [-0.3, -0.25) is 0 Å². The van der Waals surface area contributed by atoms with Crippen molar-refractivity contribution >= 4 is 11.8 Å². The molecule has 102 valence electrons. The number of hydrogen-bond acceptors (Lipinski definition) is 4. The third-order valence-corrected chi connectivity index (χ3v) is 3.97. The highest BCUT2D eigenvalue weighted by Crippen LogP contribution is 2.31. The van der Waals surface area contributed by atoms with Gasteiger partial charge in [0, 0.05) is 5.75 Å². The zero-order valence-electron chi connectivity index (χ0n) is 11.5. The van der Waals surface area contributed by atoms with E-state index in [1.54, 1.807) is 26.0 Å². The van der Waals surface area contributed by atoms with Crippen LogP contribution in [-0.2, 0) is 0 Å². The fraction of sp³-hybridized carbons (Fsp3) is 0.571. The number of methoxy groups -OCH3 is 2. The number of benzene rings is 1. The molecule has 1 rings (SSSR count). The monoisotopic (exact) mass is 270 g/mol. The second-order valence-corrected chi connectivity index (χ2v) is 5.64. The molecule has 0 aliphatic carbocycles. The van der Waals surface area contributed by atoms with Gasteiger partial charge in [0.2, 0.25) is 0 Å². The molecule has 1 aromatic rings. The second kappa shape index (κ2) is 7.54. The number of ether oxygens (including phenoxy) is 2. The quantitative estimate of drug-likeness (QED) is 0.826. The zero-order chi connectivity index (χ0) is 13.5. The summed E-state index contributed by atoms with van der Waals surface area (Å²) < 4.78 is 10.4. The lowest BCUT2D eigenvalue weighted by Gasteiger charge is -2.14. The Morgan fingerprint density at radius 2 is 1.78 bits per heavy atom. The predicted molar refractivity (Wildman–Crippen MR) is 76.7 cm³/mol. The van der Waals surface area contributed by atoms with Crippen LogP contribution in [0, 0.1) is 5.92 Å². The molecule has 3 nitrogen and oxygen atoms in total. The predicted octanol–water partition coefficient (Wildman–Crippen LogP) is 3.13. The molecule has 0 saturated heterocycles. The van der Waals surface area contributed by atoms with Crippen molar-refractivity contribution in [3.63, 3.8) is 0 Å². The topological polar surface area (TPSA) is 38.7 Å². The minimum Gasteiger partial charge on any atom is -0.493 e. The summed E-state index contributed by atoms with van der Waals surface area (Å²) in [5, 5.41) is 10.1. The van der Waals surface area contributed by atoms with Crippen molar-refractivity contribution in [2.45, 2.75) is 20.0 Å². The van der Waals surface area contributed by atoms with Crippen LogP contribution < -0.4 is 9.47 Å². The highest BCUT2D eigenvalue weighted by molar-refractivity contribution is 7.99. The van der Waals surface area contributed by atoms with Crippen molar-refractivity contribution in [2.75, 3.05) is 25.7 Å². The third-order valence-electron chi connectivity index (χ3n) is 2.52. The van der Waals surface area contributed by atoms with E-state index >= 15 is 0 Å². The maximum absolute atomic E-state index is 10.1. The van der Waals surface area contributed by atoms with Gasteiger partial charge in [-0.2, -0.15) is 11.8 Å². The molecule has 1 atom stereocenters. The van der Waals surface area contributed by atoms with Gasteiger partial charge in [0.15, 0.2) is 11.5 Å². The van der Waals surface area contributed by atoms with E-state index in [1.165, 1.54) is 0 Å². The van der Waals surface area contributed by atoms with Crippen LogP contribution in [0.25, 0.3) is 0 Å². The molecule has 0 aromatic heterocycles. The largest absolute Gasteiger partial charge is 0.493 e. The normalized spacial score (nSPS) is 12.6. The van der Waals surface area contributed by atoms with E-state index in [2.05, 4.69) is 13.8 Å². The Kier molecular flexibility index (Phi) is 6.36. The molecule has 0 aliphatic rings. The molecular weight excluding hydrogens is 248 g/mol. The van der Waals surface area contributed by atoms with E-state index in [0.717, 1.165) is 11.3 Å². The first-order chi connectivity index (χ1) is 8.58. The lowest BCUT2D eigenvalue weighted by Crippen LogP contribution is -2.03. The molecule has 4 heteroatoms. The Labute approximate surface area is 113 Å². The summed E-state index contributed by atoms with van der Waals surface area (Å²) in [5.41, 5.74) is 0.865. The van der Waals surface area contributed by atoms with E-state index in [-0.39, 0.29) is 0 Å². The molecule has 0 heterocycles. The fourth-order valence-corrected chi connectivity index (χ4v) is 2.59. The van der Waals surface area contributed by atoms with Crippen molar-refractivity contribution in [3.05, 3.63) is 23.8 Å². The van der Waals surface area contributed by atoms with Crippen LogP contribution >= 0.6 is 11.8 Å². The van der Waals surface area contributed by atoms with Gasteiger partial charge < -0.3 is 14.6 Å². The number of rotatable bonds is 7. The van der Waals surface area contributed by atoms with Crippen LogP contribution in [0.5, 0.6) is 11.5 Å². The van der Waals surface area contributed by atoms with Crippen LogP contribution in [0.4, 0.5) is 0 Å². The van der Waals surface area contributed by atoms with E-state index in [9.17, 15) is 5.11 Å². The highest BCUT2D eigenvalue weighted by atomic mass is 32.2. The molecule has 0 amide bonds. The van der Waals surface area contributed by atoms with Crippen LogP contribution in [-0.4, -0.2) is 30.8 Å². The average Bonchev–Trinajstić information content (AvgIpc) is 2.37. The molecule has 0 spiro atoms. The van der Waals surface area contributed by atoms with Gasteiger partial charge in [0.1, 0.15) is 0 Å². The number of aliphatic hydroxyl groups is 1. The molecule has 18 heavy (non-hydrogen) atoms. The number of thioether (sulfide) groups is 1. The summed E-state index contributed by atoms with van der Waals surface area (Å²) in [6.45, 7) is 4.35. The standard InChI is InChI=1S/C14H22O3S/c1-10(2)8-18-9-12(15)11-5-6-13(16-3)14(7-11)17-4/h5-7,10,12,15H,8-9H2,1-4H3. The Morgan fingerprint density at radius 1 is 1.11 bits per heavy atom. The first-order valence-electron chi connectivity index (χ1n) is 6.06. The minimum atomic E-state index is -0.464. The van der Waals surface area contributed by atoms with Crippen molar-refractivity contribution in [1.29, 1.82) is 0 Å². The number of hydrogen-bond donors (Lipinski definition) is 1. The van der Waals surface area contributed by atoms with Crippen molar-refractivity contribution < 1.29 is 14.6 Å². The van der Waals surface area contributed by atoms with Crippen LogP contribution in [0.15, 0.2) is 18.2 Å². The Bertz CT molecular complexity index is 366. The summed E-state index contributed by atoms with van der Waals surface area (Å²) in [6, 6.07) is 5.53. The third kappa shape index (κ3) is 4.42. The van der Waals surface area contributed by atoms with Gasteiger partial charge in [-0.25, -0.2) is 0 Å². The average molecular weight is 270 g/mol. The number of aliphatic hydroxyl groups excluding tert-OH is 1. The molecule has 0 bridgehead atoms. The molecule has 1 aromatic carbocycles. The first kappa shape index (κ1) is 15.2. The van der Waals surface area contributed by atoms with Crippen LogP contribution in [0.1, 0.15) is 25.5 Å². The summed E-state index contributed by atoms with van der Waals surface area (Å²) >= 11 is 1.77. The van der Waals surface area contributed by atoms with Gasteiger partial charge in [0.25, 0.3) is 0 Å². The fourth-order valence-electron chi connectivity index (χ4n) is 1.57. The lowest BCUT2D eigenvalue weighted by atomic mass is 10.1. The van der Waals surface area contributed by atoms with Crippen molar-refractivity contribution in [2.24, 2.45) is 5.92 Å². The van der Waals surface area contributed by atoms with Gasteiger partial charge >= 0.3 is 0 Å². The minimum absolute atomic E-state index is 0.464. The van der Waals surface area contributed by atoms with Gasteiger partial charge in [-0.1, -0.05) is 19.9 Å². The smallest absolute Gasteiger partial charge is 0.161 e. The van der Waals surface area contributed by atoms with E-state index < -0.39 is 6.10 Å². The lowest BCUT2D eigenvalue weighted by molar-refractivity contribution is 0.203. The molecule has 1 N–H and O–H groups in total. The van der Waals surface area contributed by atoms with Gasteiger partial charge in [0.05, 0.1) is 20.3 Å². The summed E-state index contributed by atoms with van der Waals surface area (Å²) in [6.07, 6.45) is -0.464. The summed E-state index contributed by atoms with van der Waals surface area (Å²) in [5.74, 6) is 3.75. The maximum Gasteiger partial charge on any atom is 0.161 e. The molecule has 0 saturated carbocycles. The van der Waals surface area contributed by atoms with Crippen LogP contribution in [0.3, 0.4) is 0 Å². The van der Waals surface area contributed by atoms with E-state index in [4.69, 9.17) is 9.47 Å². The highest BCUT2D eigenvalue weighted by Gasteiger charge is 2.12. The van der Waals surface area contributed by atoms with Crippen molar-refractivity contribution in [3.8, 4) is 11.5 Å². The Morgan fingerprint density at radius 3 is 2.33 bits per heavy atom. The Hall–Kier alpha value is -0.870. The van der Waals surface area contributed by atoms with Gasteiger partial charge in [-0.15, -0.1) is 0 Å². The van der Waals surface area contributed by atoms with Crippen molar-refractivity contribution in [1.82, 2.24) is 0 Å². The Balaban J connectivity index is 2.65. The summed E-state index contributed by atoms with van der Waals surface area (Å²) in [7, 11) is 3.20. The maximum atomic E-state index is 10.1. The van der Waals surface area contributed by atoms with E-state index in [0.29, 0.717) is 23.2 Å². The van der Waals surface area contributed by atoms with Crippen LogP contribution in [0.2, 0.25) is 0 Å². The molecule has 0 radical (unpaired) electrons. The summed E-state index contributed by atoms with van der Waals surface area (Å²) in [4.78, 5) is 0. The molecule has 0 aliphatic heterocycles. The molecular formula is C14H22O3S. The van der Waals surface area contributed by atoms with Gasteiger partial charge in [-0.05, 0) is 29.4 Å². The second-order valence-electron chi connectivity index (χ2n) is 4.56. The molecule has 0 fully saturated rings. The molecule has 1 unspecified atom stereocenters. The SMILES string of the molecule is COc1ccc(C(O)CSCC(C)C)cc1OC.